The predicted octanol–water partition coefficient (Wildman–Crippen LogP) is -0.774. The number of carboxylic acids is 1. The van der Waals surface area contributed by atoms with E-state index in [0.29, 0.717) is 18.2 Å². The van der Waals surface area contributed by atoms with Crippen molar-refractivity contribution in [2.24, 2.45) is 0 Å². The van der Waals surface area contributed by atoms with Gasteiger partial charge in [0.1, 0.15) is 11.3 Å². The zero-order valence-electron chi connectivity index (χ0n) is 8.67. The molecular formula is C8H6F3NaO3. The molecule has 0 unspecified atom stereocenters. The average molecular weight is 230 g/mol. The molecule has 1 aromatic carbocycles. The van der Waals surface area contributed by atoms with Crippen molar-refractivity contribution in [1.82, 2.24) is 0 Å². The molecule has 0 saturated carbocycles. The Balaban J connectivity index is 0. The Morgan fingerprint density at radius 1 is 1.33 bits per heavy atom. The minimum absolute atomic E-state index is 0. The Morgan fingerprint density at radius 2 is 1.87 bits per heavy atom. The van der Waals surface area contributed by atoms with Crippen LogP contribution in [0.3, 0.4) is 0 Å². The van der Waals surface area contributed by atoms with Gasteiger partial charge in [-0.2, -0.15) is 13.2 Å². The molecule has 1 rings (SSSR count). The van der Waals surface area contributed by atoms with E-state index < -0.39 is 29.0 Å². The van der Waals surface area contributed by atoms with Gasteiger partial charge in [0.2, 0.25) is 0 Å². The number of phenols is 1. The van der Waals surface area contributed by atoms with Crippen molar-refractivity contribution in [2.45, 2.75) is 6.18 Å². The normalized spacial score (nSPS) is 10.6. The molecule has 0 aliphatic carbocycles. The summed E-state index contributed by atoms with van der Waals surface area (Å²) in [5.74, 6) is -2.37. The van der Waals surface area contributed by atoms with Crippen LogP contribution in [0.15, 0.2) is 18.2 Å². The maximum atomic E-state index is 12.0. The second-order valence-corrected chi connectivity index (χ2v) is 2.53. The van der Waals surface area contributed by atoms with E-state index in [0.717, 1.165) is 0 Å². The molecule has 15 heavy (non-hydrogen) atoms. The molecule has 0 amide bonds. The van der Waals surface area contributed by atoms with Gasteiger partial charge in [0.25, 0.3) is 0 Å². The standard InChI is InChI=1S/C8H5F3O3.Na.H/c9-8(10,11)4-1-2-5(7(13)14)6(12)3-4;;/h1-3,12H,(H,13,14);;/q;+1;-1. The fourth-order valence-corrected chi connectivity index (χ4v) is 0.889. The van der Waals surface area contributed by atoms with Gasteiger partial charge in [0, 0.05) is 0 Å². The summed E-state index contributed by atoms with van der Waals surface area (Å²) in [6.45, 7) is 0. The number of carbonyl (C=O) groups is 1. The van der Waals surface area contributed by atoms with Crippen molar-refractivity contribution >= 4 is 5.97 Å². The predicted molar refractivity (Wildman–Crippen MR) is 41.2 cm³/mol. The number of aromatic carboxylic acids is 1. The molecule has 0 spiro atoms. The van der Waals surface area contributed by atoms with Crippen LogP contribution in [0, 0.1) is 0 Å². The van der Waals surface area contributed by atoms with Crippen molar-refractivity contribution in [1.29, 1.82) is 0 Å². The number of benzene rings is 1. The Hall–Kier alpha value is -0.720. The van der Waals surface area contributed by atoms with Crippen LogP contribution in [0.1, 0.15) is 17.3 Å². The summed E-state index contributed by atoms with van der Waals surface area (Å²) in [5.41, 5.74) is -1.64. The number of aromatic hydroxyl groups is 1. The molecule has 0 aliphatic heterocycles. The summed E-state index contributed by atoms with van der Waals surface area (Å²) >= 11 is 0. The first-order chi connectivity index (χ1) is 6.32. The van der Waals surface area contributed by atoms with E-state index in [-0.39, 0.29) is 31.0 Å². The van der Waals surface area contributed by atoms with Gasteiger partial charge in [-0.1, -0.05) is 0 Å². The van der Waals surface area contributed by atoms with E-state index in [2.05, 4.69) is 0 Å². The second kappa shape index (κ2) is 4.87. The minimum atomic E-state index is -4.59. The van der Waals surface area contributed by atoms with Crippen molar-refractivity contribution in [3.63, 3.8) is 0 Å². The number of halogens is 3. The zero-order valence-corrected chi connectivity index (χ0v) is 9.67. The van der Waals surface area contributed by atoms with Crippen molar-refractivity contribution in [3.05, 3.63) is 29.3 Å². The van der Waals surface area contributed by atoms with Crippen LogP contribution in [-0.2, 0) is 6.18 Å². The van der Waals surface area contributed by atoms with E-state index in [1.165, 1.54) is 0 Å². The van der Waals surface area contributed by atoms with Crippen LogP contribution < -0.4 is 29.6 Å². The summed E-state index contributed by atoms with van der Waals surface area (Å²) in [5, 5.41) is 17.4. The fraction of sp³-hybridized carbons (Fsp3) is 0.125. The summed E-state index contributed by atoms with van der Waals surface area (Å²) in [6, 6.07) is 1.69. The summed E-state index contributed by atoms with van der Waals surface area (Å²) in [4.78, 5) is 10.3. The van der Waals surface area contributed by atoms with Crippen LogP contribution in [0.5, 0.6) is 5.75 Å². The number of alkyl halides is 3. The fourth-order valence-electron chi connectivity index (χ4n) is 0.889. The first-order valence-electron chi connectivity index (χ1n) is 3.46. The quantitative estimate of drug-likeness (QED) is 0.622. The molecule has 0 aliphatic rings. The molecule has 1 aromatic rings. The van der Waals surface area contributed by atoms with E-state index in [1.54, 1.807) is 0 Å². The Morgan fingerprint density at radius 3 is 2.20 bits per heavy atom. The number of carboxylic acid groups (broad SMARTS) is 1. The monoisotopic (exact) mass is 230 g/mol. The van der Waals surface area contributed by atoms with Gasteiger partial charge in [0.05, 0.1) is 5.56 Å². The molecule has 0 heterocycles. The number of rotatable bonds is 1. The van der Waals surface area contributed by atoms with Crippen molar-refractivity contribution in [2.75, 3.05) is 0 Å². The molecule has 0 atom stereocenters. The van der Waals surface area contributed by atoms with Crippen LogP contribution in [-0.4, -0.2) is 16.2 Å². The van der Waals surface area contributed by atoms with Crippen molar-refractivity contribution in [3.8, 4) is 5.75 Å². The molecule has 0 saturated heterocycles. The summed E-state index contributed by atoms with van der Waals surface area (Å²) < 4.78 is 36.1. The van der Waals surface area contributed by atoms with Gasteiger partial charge in [-0.15, -0.1) is 0 Å². The van der Waals surface area contributed by atoms with Gasteiger partial charge in [0.15, 0.2) is 0 Å². The second-order valence-electron chi connectivity index (χ2n) is 2.53. The van der Waals surface area contributed by atoms with Gasteiger partial charge < -0.3 is 11.6 Å². The first kappa shape index (κ1) is 14.3. The number of hydrogen-bond acceptors (Lipinski definition) is 2. The van der Waals surface area contributed by atoms with Crippen LogP contribution in [0.2, 0.25) is 0 Å². The third kappa shape index (κ3) is 3.40. The first-order valence-corrected chi connectivity index (χ1v) is 3.46. The maximum absolute atomic E-state index is 12.0. The Bertz CT molecular complexity index is 381. The minimum Gasteiger partial charge on any atom is -1.00 e. The molecule has 7 heteroatoms. The Labute approximate surface area is 106 Å². The average Bonchev–Trinajstić information content (AvgIpc) is 2.01. The zero-order chi connectivity index (χ0) is 10.9. The maximum Gasteiger partial charge on any atom is 1.00 e. The topological polar surface area (TPSA) is 57.5 Å². The SMILES string of the molecule is O=C(O)c1ccc(C(F)(F)F)cc1O.[H-].[Na+]. The molecule has 0 aromatic heterocycles. The van der Waals surface area contributed by atoms with Crippen LogP contribution in [0.25, 0.3) is 0 Å². The molecule has 0 radical (unpaired) electrons. The molecule has 2 N–H and O–H groups in total. The Kier molecular flexibility index (Phi) is 4.64. The van der Waals surface area contributed by atoms with E-state index in [4.69, 9.17) is 10.2 Å². The van der Waals surface area contributed by atoms with E-state index in [9.17, 15) is 18.0 Å². The third-order valence-corrected chi connectivity index (χ3v) is 1.56. The largest absolute Gasteiger partial charge is 1.00 e. The molecule has 78 valence electrons. The molecule has 0 bridgehead atoms. The van der Waals surface area contributed by atoms with Gasteiger partial charge in [-0.3, -0.25) is 0 Å². The molecule has 0 fully saturated rings. The van der Waals surface area contributed by atoms with E-state index >= 15 is 0 Å². The van der Waals surface area contributed by atoms with Crippen LogP contribution in [0.4, 0.5) is 13.2 Å². The van der Waals surface area contributed by atoms with Crippen molar-refractivity contribution < 1.29 is 59.2 Å². The van der Waals surface area contributed by atoms with Gasteiger partial charge in [-0.05, 0) is 18.2 Å². The molecular weight excluding hydrogens is 224 g/mol. The van der Waals surface area contributed by atoms with Gasteiger partial charge in [-0.25, -0.2) is 4.79 Å². The van der Waals surface area contributed by atoms with Crippen LogP contribution >= 0.6 is 0 Å². The summed E-state index contributed by atoms with van der Waals surface area (Å²) in [7, 11) is 0. The third-order valence-electron chi connectivity index (χ3n) is 1.56. The smallest absolute Gasteiger partial charge is 1.00 e. The summed E-state index contributed by atoms with van der Waals surface area (Å²) in [6.07, 6.45) is -4.59. The molecule has 3 nitrogen and oxygen atoms in total. The van der Waals surface area contributed by atoms with Gasteiger partial charge >= 0.3 is 41.7 Å². The van der Waals surface area contributed by atoms with E-state index in [1.807, 2.05) is 0 Å². The number of hydrogen-bond donors (Lipinski definition) is 2.